The Kier molecular flexibility index (Phi) is 7.72. The third-order valence-electron chi connectivity index (χ3n) is 5.43. The summed E-state index contributed by atoms with van der Waals surface area (Å²) >= 11 is 3.58. The molecule has 2 heterocycles. The fourth-order valence-electron chi connectivity index (χ4n) is 3.91. The molecule has 1 unspecified atom stereocenters. The maximum atomic E-state index is 10.6. The standard InChI is InChI=1S/C24H31N3O2S2/c1-3-15-30-23-10-5-4-8-21(23)27-13-11-26(12-14-27)16-19(28)17-29-22-9-6-7-20-24(22)31-18(2)25-20/h4-10,19,28H,3,11-17H2,1-2H3. The number of fused-ring (bicyclic) bond motifs is 1. The lowest BCUT2D eigenvalue weighted by molar-refractivity contribution is 0.0668. The molecule has 166 valence electrons. The van der Waals surface area contributed by atoms with Crippen LogP contribution in [0.25, 0.3) is 10.2 Å². The summed E-state index contributed by atoms with van der Waals surface area (Å²) in [5.74, 6) is 1.96. The van der Waals surface area contributed by atoms with Crippen LogP contribution in [0.5, 0.6) is 5.75 Å². The monoisotopic (exact) mass is 457 g/mol. The first-order chi connectivity index (χ1) is 15.1. The second kappa shape index (κ2) is 10.7. The molecule has 1 N–H and O–H groups in total. The van der Waals surface area contributed by atoms with Gasteiger partial charge >= 0.3 is 0 Å². The molecule has 2 aromatic carbocycles. The molecule has 1 aromatic heterocycles. The molecular formula is C24H31N3O2S2. The van der Waals surface area contributed by atoms with Crippen LogP contribution in [0, 0.1) is 6.92 Å². The summed E-state index contributed by atoms with van der Waals surface area (Å²) in [6.07, 6.45) is 0.673. The lowest BCUT2D eigenvalue weighted by Gasteiger charge is -2.37. The Morgan fingerprint density at radius 3 is 2.74 bits per heavy atom. The summed E-state index contributed by atoms with van der Waals surface area (Å²) in [4.78, 5) is 10.7. The number of nitrogens with zero attached hydrogens (tertiary/aromatic N) is 3. The zero-order valence-corrected chi connectivity index (χ0v) is 19.9. The van der Waals surface area contributed by atoms with Crippen LogP contribution in [-0.2, 0) is 0 Å². The van der Waals surface area contributed by atoms with Crippen molar-refractivity contribution in [1.82, 2.24) is 9.88 Å². The number of para-hydroxylation sites is 1. The highest BCUT2D eigenvalue weighted by molar-refractivity contribution is 7.99. The molecule has 7 heteroatoms. The van der Waals surface area contributed by atoms with Gasteiger partial charge in [-0.05, 0) is 43.4 Å². The van der Waals surface area contributed by atoms with E-state index in [2.05, 4.69) is 46.0 Å². The zero-order chi connectivity index (χ0) is 21.6. The molecule has 0 spiro atoms. The molecular weight excluding hydrogens is 426 g/mol. The highest BCUT2D eigenvalue weighted by Crippen LogP contribution is 2.32. The number of hydrogen-bond acceptors (Lipinski definition) is 7. The Bertz CT molecular complexity index is 986. The Morgan fingerprint density at radius 2 is 1.94 bits per heavy atom. The van der Waals surface area contributed by atoms with Gasteiger partial charge in [0.05, 0.1) is 20.9 Å². The first kappa shape index (κ1) is 22.4. The number of benzene rings is 2. The van der Waals surface area contributed by atoms with Crippen LogP contribution in [0.4, 0.5) is 5.69 Å². The van der Waals surface area contributed by atoms with Crippen molar-refractivity contribution in [3.63, 3.8) is 0 Å². The van der Waals surface area contributed by atoms with Gasteiger partial charge in [0.15, 0.2) is 0 Å². The lowest BCUT2D eigenvalue weighted by Crippen LogP contribution is -2.49. The topological polar surface area (TPSA) is 48.8 Å². The number of rotatable bonds is 9. The van der Waals surface area contributed by atoms with Gasteiger partial charge in [-0.1, -0.05) is 25.1 Å². The summed E-state index contributed by atoms with van der Waals surface area (Å²) in [5.41, 5.74) is 2.31. The number of hydrogen-bond donors (Lipinski definition) is 1. The highest BCUT2D eigenvalue weighted by Gasteiger charge is 2.21. The molecule has 0 bridgehead atoms. The van der Waals surface area contributed by atoms with Gasteiger partial charge in [0, 0.05) is 37.6 Å². The maximum absolute atomic E-state index is 10.6. The van der Waals surface area contributed by atoms with Crippen molar-refractivity contribution in [3.8, 4) is 5.75 Å². The summed E-state index contributed by atoms with van der Waals surface area (Å²) < 4.78 is 7.02. The van der Waals surface area contributed by atoms with Crippen LogP contribution >= 0.6 is 23.1 Å². The van der Waals surface area contributed by atoms with E-state index in [1.807, 2.05) is 36.9 Å². The van der Waals surface area contributed by atoms with Crippen LogP contribution < -0.4 is 9.64 Å². The van der Waals surface area contributed by atoms with Crippen molar-refractivity contribution in [2.75, 3.05) is 50.0 Å². The first-order valence-electron chi connectivity index (χ1n) is 11.0. The molecule has 1 fully saturated rings. The second-order valence-corrected chi connectivity index (χ2v) is 10.2. The fraction of sp³-hybridized carbons (Fsp3) is 0.458. The van der Waals surface area contributed by atoms with Crippen LogP contribution in [0.2, 0.25) is 0 Å². The third-order valence-corrected chi connectivity index (χ3v) is 7.70. The van der Waals surface area contributed by atoms with Gasteiger partial charge in [0.25, 0.3) is 0 Å². The first-order valence-corrected chi connectivity index (χ1v) is 12.8. The predicted molar refractivity (Wildman–Crippen MR) is 132 cm³/mol. The van der Waals surface area contributed by atoms with Crippen molar-refractivity contribution in [3.05, 3.63) is 47.5 Å². The van der Waals surface area contributed by atoms with Crippen molar-refractivity contribution >= 4 is 39.0 Å². The number of anilines is 1. The minimum atomic E-state index is -0.511. The number of piperazine rings is 1. The van der Waals surface area contributed by atoms with E-state index in [1.54, 1.807) is 11.3 Å². The Morgan fingerprint density at radius 1 is 1.13 bits per heavy atom. The third kappa shape index (κ3) is 5.71. The van der Waals surface area contributed by atoms with Crippen LogP contribution in [0.1, 0.15) is 18.4 Å². The average molecular weight is 458 g/mol. The molecule has 1 atom stereocenters. The summed E-state index contributed by atoms with van der Waals surface area (Å²) in [5, 5.41) is 11.6. The SMILES string of the molecule is CCCSc1ccccc1N1CCN(CC(O)COc2cccc3nc(C)sc23)CC1. The van der Waals surface area contributed by atoms with Gasteiger partial charge in [0.1, 0.15) is 18.5 Å². The number of aliphatic hydroxyl groups is 1. The van der Waals surface area contributed by atoms with Gasteiger partial charge in [-0.15, -0.1) is 23.1 Å². The van der Waals surface area contributed by atoms with Gasteiger partial charge < -0.3 is 14.7 Å². The minimum absolute atomic E-state index is 0.298. The van der Waals surface area contributed by atoms with Crippen LogP contribution in [0.3, 0.4) is 0 Å². The highest BCUT2D eigenvalue weighted by atomic mass is 32.2. The van der Waals surface area contributed by atoms with Gasteiger partial charge in [0.2, 0.25) is 0 Å². The van der Waals surface area contributed by atoms with Crippen molar-refractivity contribution < 1.29 is 9.84 Å². The van der Waals surface area contributed by atoms with E-state index in [-0.39, 0.29) is 0 Å². The number of aliphatic hydroxyl groups excluding tert-OH is 1. The van der Waals surface area contributed by atoms with Crippen molar-refractivity contribution in [1.29, 1.82) is 0 Å². The Hall–Kier alpha value is -1.80. The quantitative estimate of drug-likeness (QED) is 0.471. The van der Waals surface area contributed by atoms with E-state index < -0.39 is 6.10 Å². The van der Waals surface area contributed by atoms with E-state index >= 15 is 0 Å². The Balaban J connectivity index is 1.27. The number of ether oxygens (including phenoxy) is 1. The number of β-amino-alcohol motifs (C(OH)–C–C–N with tert-alkyl or cyclic N) is 1. The molecule has 1 aliphatic rings. The maximum Gasteiger partial charge on any atom is 0.138 e. The summed E-state index contributed by atoms with van der Waals surface area (Å²) in [6, 6.07) is 14.6. The fourth-order valence-corrected chi connectivity index (χ4v) is 5.74. The second-order valence-electron chi connectivity index (χ2n) is 7.91. The van der Waals surface area contributed by atoms with E-state index in [1.165, 1.54) is 17.0 Å². The zero-order valence-electron chi connectivity index (χ0n) is 18.3. The van der Waals surface area contributed by atoms with E-state index in [0.29, 0.717) is 13.2 Å². The van der Waals surface area contributed by atoms with Crippen LogP contribution in [-0.4, -0.2) is 66.2 Å². The van der Waals surface area contributed by atoms with E-state index in [0.717, 1.165) is 52.9 Å². The number of thiazole rings is 1. The summed E-state index contributed by atoms with van der Waals surface area (Å²) in [6.45, 7) is 9.03. The molecule has 1 saturated heterocycles. The molecule has 3 aromatic rings. The average Bonchev–Trinajstić information content (AvgIpc) is 3.18. The molecule has 0 saturated carbocycles. The molecule has 31 heavy (non-hydrogen) atoms. The minimum Gasteiger partial charge on any atom is -0.489 e. The Labute approximate surface area is 193 Å². The molecule has 0 amide bonds. The molecule has 0 aliphatic carbocycles. The molecule has 4 rings (SSSR count). The van der Waals surface area contributed by atoms with Crippen molar-refractivity contribution in [2.45, 2.75) is 31.3 Å². The van der Waals surface area contributed by atoms with Crippen molar-refractivity contribution in [2.24, 2.45) is 0 Å². The molecule has 1 aliphatic heterocycles. The van der Waals surface area contributed by atoms with Gasteiger partial charge in [-0.25, -0.2) is 4.98 Å². The largest absolute Gasteiger partial charge is 0.489 e. The normalized spacial score (nSPS) is 16.0. The van der Waals surface area contributed by atoms with Gasteiger partial charge in [-0.2, -0.15) is 0 Å². The summed E-state index contributed by atoms with van der Waals surface area (Å²) in [7, 11) is 0. The number of thioether (sulfide) groups is 1. The smallest absolute Gasteiger partial charge is 0.138 e. The van der Waals surface area contributed by atoms with Gasteiger partial charge in [-0.3, -0.25) is 4.90 Å². The predicted octanol–water partition coefficient (Wildman–Crippen LogP) is 4.67. The molecule has 5 nitrogen and oxygen atoms in total. The van der Waals surface area contributed by atoms with Crippen LogP contribution in [0.15, 0.2) is 47.4 Å². The number of aryl methyl sites for hydroxylation is 1. The number of aromatic nitrogens is 1. The van der Waals surface area contributed by atoms with E-state index in [9.17, 15) is 5.11 Å². The van der Waals surface area contributed by atoms with E-state index in [4.69, 9.17) is 4.74 Å². The molecule has 0 radical (unpaired) electrons. The lowest BCUT2D eigenvalue weighted by atomic mass is 10.2.